The molecule has 0 aromatic rings. The summed E-state index contributed by atoms with van der Waals surface area (Å²) >= 11 is 0. The molecule has 6 heteroatoms. The van der Waals surface area contributed by atoms with E-state index in [4.69, 9.17) is 10.3 Å². The molecule has 0 unspecified atom stereocenters. The third-order valence-corrected chi connectivity index (χ3v) is 4.10. The molecule has 1 aliphatic carbocycles. The molecule has 22 heavy (non-hydrogen) atoms. The highest BCUT2D eigenvalue weighted by molar-refractivity contribution is 5.68. The second-order valence-corrected chi connectivity index (χ2v) is 7.17. The molecule has 0 heterocycles. The summed E-state index contributed by atoms with van der Waals surface area (Å²) in [4.78, 5) is 15.0. The van der Waals surface area contributed by atoms with Gasteiger partial charge in [-0.1, -0.05) is 44.1 Å². The van der Waals surface area contributed by atoms with Crippen molar-refractivity contribution in [3.8, 4) is 0 Å². The second kappa shape index (κ2) is 8.89. The van der Waals surface area contributed by atoms with Crippen LogP contribution in [0.5, 0.6) is 0 Å². The number of ether oxygens (including phenoxy) is 1. The highest BCUT2D eigenvalue weighted by atomic mass is 16.6. The summed E-state index contributed by atoms with van der Waals surface area (Å²) in [6.45, 7) is 7.50. The molecular formula is C16H30N4O2. The van der Waals surface area contributed by atoms with E-state index in [1.54, 1.807) is 0 Å². The summed E-state index contributed by atoms with van der Waals surface area (Å²) in [5, 5.41) is 6.80. The van der Waals surface area contributed by atoms with Crippen molar-refractivity contribution in [1.29, 1.82) is 0 Å². The predicted octanol–water partition coefficient (Wildman–Crippen LogP) is 4.94. The highest BCUT2D eigenvalue weighted by Gasteiger charge is 2.27. The normalized spacial score (nSPS) is 18.9. The summed E-state index contributed by atoms with van der Waals surface area (Å²) in [6.07, 6.45) is 7.32. The van der Waals surface area contributed by atoms with Crippen molar-refractivity contribution in [3.63, 3.8) is 0 Å². The molecule has 0 aliphatic heterocycles. The fraction of sp³-hybridized carbons (Fsp3) is 0.938. The number of nitrogens with zero attached hydrogens (tertiary/aromatic N) is 3. The Kier molecular flexibility index (Phi) is 7.52. The van der Waals surface area contributed by atoms with Gasteiger partial charge >= 0.3 is 6.09 Å². The number of azide groups is 1. The first-order valence-corrected chi connectivity index (χ1v) is 8.39. The maximum Gasteiger partial charge on any atom is 0.407 e. The lowest BCUT2D eigenvalue weighted by Crippen LogP contribution is -2.45. The van der Waals surface area contributed by atoms with Crippen molar-refractivity contribution in [2.45, 2.75) is 90.3 Å². The monoisotopic (exact) mass is 310 g/mol. The van der Waals surface area contributed by atoms with Gasteiger partial charge in [-0.05, 0) is 45.1 Å². The van der Waals surface area contributed by atoms with Gasteiger partial charge in [-0.25, -0.2) is 4.79 Å². The Hall–Kier alpha value is -1.42. The van der Waals surface area contributed by atoms with Crippen LogP contribution in [0.15, 0.2) is 5.11 Å². The molecule has 1 saturated carbocycles. The van der Waals surface area contributed by atoms with Crippen LogP contribution in [0.4, 0.5) is 4.79 Å². The average Bonchev–Trinajstić information content (AvgIpc) is 2.43. The number of hydrogen-bond acceptors (Lipinski definition) is 3. The maximum absolute atomic E-state index is 12.1. The Morgan fingerprint density at radius 1 is 1.36 bits per heavy atom. The van der Waals surface area contributed by atoms with Crippen LogP contribution < -0.4 is 5.32 Å². The van der Waals surface area contributed by atoms with Crippen LogP contribution in [0.2, 0.25) is 0 Å². The fourth-order valence-corrected chi connectivity index (χ4v) is 3.07. The Morgan fingerprint density at radius 2 is 2.00 bits per heavy atom. The zero-order valence-corrected chi connectivity index (χ0v) is 14.3. The molecular weight excluding hydrogens is 280 g/mol. The van der Waals surface area contributed by atoms with Crippen molar-refractivity contribution in [2.24, 2.45) is 11.0 Å². The summed E-state index contributed by atoms with van der Waals surface area (Å²) in [7, 11) is 0. The van der Waals surface area contributed by atoms with E-state index in [-0.39, 0.29) is 12.1 Å². The van der Waals surface area contributed by atoms with Crippen LogP contribution in [0.1, 0.15) is 72.6 Å². The number of carbonyl (C=O) groups is 1. The van der Waals surface area contributed by atoms with Crippen molar-refractivity contribution in [2.75, 3.05) is 0 Å². The molecule has 1 aliphatic rings. The van der Waals surface area contributed by atoms with Crippen molar-refractivity contribution in [3.05, 3.63) is 10.4 Å². The first-order valence-electron chi connectivity index (χ1n) is 8.39. The molecule has 0 radical (unpaired) electrons. The van der Waals surface area contributed by atoms with Crippen LogP contribution in [0, 0.1) is 5.92 Å². The van der Waals surface area contributed by atoms with Gasteiger partial charge in [0.15, 0.2) is 0 Å². The number of amides is 1. The van der Waals surface area contributed by atoms with E-state index in [2.05, 4.69) is 15.3 Å². The average molecular weight is 310 g/mol. The zero-order valence-electron chi connectivity index (χ0n) is 14.3. The van der Waals surface area contributed by atoms with E-state index in [0.29, 0.717) is 12.3 Å². The number of alkyl carbamates (subject to hydrolysis) is 1. The van der Waals surface area contributed by atoms with Gasteiger partial charge in [-0.3, -0.25) is 0 Å². The predicted molar refractivity (Wildman–Crippen MR) is 87.6 cm³/mol. The lowest BCUT2D eigenvalue weighted by Gasteiger charge is -2.31. The number of rotatable bonds is 6. The van der Waals surface area contributed by atoms with E-state index >= 15 is 0 Å². The summed E-state index contributed by atoms with van der Waals surface area (Å²) in [5.41, 5.74) is 8.23. The highest BCUT2D eigenvalue weighted by Crippen LogP contribution is 2.29. The number of hydrogen-bond donors (Lipinski definition) is 1. The molecule has 1 rings (SSSR count). The van der Waals surface area contributed by atoms with Gasteiger partial charge in [0.05, 0.1) is 6.04 Å². The molecule has 1 N–H and O–H groups in total. The van der Waals surface area contributed by atoms with Gasteiger partial charge < -0.3 is 10.1 Å². The van der Waals surface area contributed by atoms with Crippen LogP contribution in [-0.4, -0.2) is 23.8 Å². The van der Waals surface area contributed by atoms with Crippen LogP contribution in [0.3, 0.4) is 0 Å². The van der Waals surface area contributed by atoms with Gasteiger partial charge in [0.25, 0.3) is 0 Å². The molecule has 126 valence electrons. The SMILES string of the molecule is CC[C@@H](N=[N+]=[N-])[C@H](CC1CCCCC1)NC(=O)OC(C)(C)C. The van der Waals surface area contributed by atoms with Crippen LogP contribution in [-0.2, 0) is 4.74 Å². The van der Waals surface area contributed by atoms with E-state index in [1.165, 1.54) is 32.1 Å². The Morgan fingerprint density at radius 3 is 2.50 bits per heavy atom. The smallest absolute Gasteiger partial charge is 0.407 e. The lowest BCUT2D eigenvalue weighted by molar-refractivity contribution is 0.0485. The third-order valence-electron chi connectivity index (χ3n) is 4.10. The minimum Gasteiger partial charge on any atom is -0.444 e. The summed E-state index contributed by atoms with van der Waals surface area (Å²) in [5.74, 6) is 0.594. The van der Waals surface area contributed by atoms with Gasteiger partial charge in [0.2, 0.25) is 0 Å². The summed E-state index contributed by atoms with van der Waals surface area (Å²) in [6, 6.07) is -0.377. The third kappa shape index (κ3) is 7.03. The van der Waals surface area contributed by atoms with Gasteiger partial charge in [-0.15, -0.1) is 0 Å². The Labute approximate surface area is 133 Å². The molecule has 1 amide bonds. The zero-order chi connectivity index (χ0) is 16.6. The van der Waals surface area contributed by atoms with Gasteiger partial charge in [0, 0.05) is 11.0 Å². The molecule has 1 fully saturated rings. The topological polar surface area (TPSA) is 87.1 Å². The Bertz CT molecular complexity index is 393. The van der Waals surface area contributed by atoms with Crippen molar-refractivity contribution in [1.82, 2.24) is 5.32 Å². The first-order chi connectivity index (χ1) is 10.4. The standard InChI is InChI=1S/C16H30N4O2/c1-5-13(19-20-17)14(11-12-9-7-6-8-10-12)18-15(21)22-16(2,3)4/h12-14H,5-11H2,1-4H3,(H,18,21)/t13-,14+/m1/s1. The minimum atomic E-state index is -0.528. The molecule has 0 aromatic heterocycles. The van der Waals surface area contributed by atoms with E-state index < -0.39 is 11.7 Å². The Balaban J connectivity index is 2.71. The van der Waals surface area contributed by atoms with E-state index in [9.17, 15) is 4.79 Å². The fourth-order valence-electron chi connectivity index (χ4n) is 3.07. The molecule has 0 bridgehead atoms. The van der Waals surface area contributed by atoms with E-state index in [0.717, 1.165) is 6.42 Å². The van der Waals surface area contributed by atoms with Crippen molar-refractivity contribution < 1.29 is 9.53 Å². The van der Waals surface area contributed by atoms with Crippen molar-refractivity contribution >= 4 is 6.09 Å². The quantitative estimate of drug-likeness (QED) is 0.428. The van der Waals surface area contributed by atoms with Gasteiger partial charge in [0.1, 0.15) is 5.60 Å². The lowest BCUT2D eigenvalue weighted by atomic mass is 9.83. The second-order valence-electron chi connectivity index (χ2n) is 7.17. The van der Waals surface area contributed by atoms with E-state index in [1.807, 2.05) is 27.7 Å². The van der Waals surface area contributed by atoms with Crippen LogP contribution in [0.25, 0.3) is 10.4 Å². The molecule has 0 aromatic carbocycles. The first kappa shape index (κ1) is 18.6. The largest absolute Gasteiger partial charge is 0.444 e. The van der Waals surface area contributed by atoms with Crippen LogP contribution >= 0.6 is 0 Å². The van der Waals surface area contributed by atoms with Gasteiger partial charge in [-0.2, -0.15) is 0 Å². The molecule has 0 saturated heterocycles. The maximum atomic E-state index is 12.1. The number of carbonyl (C=O) groups excluding carboxylic acids is 1. The summed E-state index contributed by atoms with van der Waals surface area (Å²) < 4.78 is 5.35. The molecule has 6 nitrogen and oxygen atoms in total. The minimum absolute atomic E-state index is 0.154. The molecule has 2 atom stereocenters. The molecule has 0 spiro atoms. The number of nitrogens with one attached hydrogen (secondary N) is 1.